The minimum absolute atomic E-state index is 0.00466. The number of ketones is 1. The highest BCUT2D eigenvalue weighted by Crippen LogP contribution is 2.48. The molecule has 1 heterocycles. The maximum Gasteiger partial charge on any atom is 0.184 e. The molecule has 7 heteroatoms. The fraction of sp³-hybridized carbons (Fsp3) is 0.185. The minimum Gasteiger partial charge on any atom is -0.299 e. The van der Waals surface area contributed by atoms with Gasteiger partial charge in [0.2, 0.25) is 0 Å². The lowest BCUT2D eigenvalue weighted by molar-refractivity contribution is -0.119. The van der Waals surface area contributed by atoms with Gasteiger partial charge in [-0.3, -0.25) is 9.78 Å². The molecular weight excluding hydrogens is 473 g/mol. The second-order valence-electron chi connectivity index (χ2n) is 8.62. The molecule has 172 valence electrons. The number of benzene rings is 3. The van der Waals surface area contributed by atoms with Crippen LogP contribution in [0.25, 0.3) is 10.8 Å². The van der Waals surface area contributed by atoms with E-state index in [9.17, 15) is 13.2 Å². The number of pyridine rings is 1. The van der Waals surface area contributed by atoms with Crippen LogP contribution in [-0.2, 0) is 26.8 Å². The fourth-order valence-electron chi connectivity index (χ4n) is 4.39. The van der Waals surface area contributed by atoms with Crippen LogP contribution in [0.3, 0.4) is 0 Å². The number of fused-ring (bicyclic) bond motifs is 1. The summed E-state index contributed by atoms with van der Waals surface area (Å²) in [7, 11) is -3.51. The average molecular weight is 494 g/mol. The molecule has 0 amide bonds. The molecule has 0 bridgehead atoms. The Bertz CT molecular complexity index is 1490. The number of sulfone groups is 1. The van der Waals surface area contributed by atoms with Crippen molar-refractivity contribution in [3.63, 3.8) is 0 Å². The summed E-state index contributed by atoms with van der Waals surface area (Å²) in [6.45, 7) is 0. The van der Waals surface area contributed by atoms with E-state index >= 15 is 4.39 Å². The summed E-state index contributed by atoms with van der Waals surface area (Å²) in [6, 6.07) is 20.5. The van der Waals surface area contributed by atoms with E-state index in [0.717, 1.165) is 5.56 Å². The van der Waals surface area contributed by atoms with Gasteiger partial charge in [0.1, 0.15) is 11.6 Å². The molecule has 0 radical (unpaired) electrons. The first-order valence-corrected chi connectivity index (χ1v) is 13.0. The predicted octanol–water partition coefficient (Wildman–Crippen LogP) is 5.92. The van der Waals surface area contributed by atoms with E-state index in [1.165, 1.54) is 0 Å². The largest absolute Gasteiger partial charge is 0.299 e. The Labute approximate surface area is 202 Å². The summed E-state index contributed by atoms with van der Waals surface area (Å²) >= 11 is 6.17. The van der Waals surface area contributed by atoms with Gasteiger partial charge >= 0.3 is 0 Å². The highest BCUT2D eigenvalue weighted by Gasteiger charge is 2.43. The average Bonchev–Trinajstić information content (AvgIpc) is 3.63. The van der Waals surface area contributed by atoms with E-state index in [2.05, 4.69) is 4.98 Å². The van der Waals surface area contributed by atoms with Crippen LogP contribution in [0.1, 0.15) is 29.2 Å². The predicted molar refractivity (Wildman–Crippen MR) is 130 cm³/mol. The van der Waals surface area contributed by atoms with Crippen LogP contribution in [0.15, 0.2) is 83.9 Å². The fourth-order valence-corrected chi connectivity index (χ4v) is 5.94. The van der Waals surface area contributed by atoms with Crippen molar-refractivity contribution in [3.05, 3.63) is 107 Å². The zero-order chi connectivity index (χ0) is 23.9. The molecule has 0 N–H and O–H groups in total. The Morgan fingerprint density at radius 2 is 1.79 bits per heavy atom. The van der Waals surface area contributed by atoms with Crippen molar-refractivity contribution >= 4 is 38.0 Å². The number of halogens is 2. The van der Waals surface area contributed by atoms with Gasteiger partial charge in [-0.05, 0) is 59.2 Å². The number of carbonyl (C=O) groups excluding carboxylic acids is 1. The van der Waals surface area contributed by atoms with Gasteiger partial charge in [-0.1, -0.05) is 54.1 Å². The topological polar surface area (TPSA) is 64.1 Å². The van der Waals surface area contributed by atoms with Gasteiger partial charge in [0, 0.05) is 23.9 Å². The van der Waals surface area contributed by atoms with Gasteiger partial charge in [0.15, 0.2) is 9.84 Å². The molecule has 3 aromatic carbocycles. The maximum absolute atomic E-state index is 15.0. The lowest BCUT2D eigenvalue weighted by Gasteiger charge is -2.08. The van der Waals surface area contributed by atoms with Crippen molar-refractivity contribution in [2.75, 3.05) is 0 Å². The van der Waals surface area contributed by atoms with Crippen molar-refractivity contribution in [1.82, 2.24) is 4.98 Å². The van der Waals surface area contributed by atoms with Crippen molar-refractivity contribution in [2.24, 2.45) is 5.92 Å². The van der Waals surface area contributed by atoms with E-state index in [0.29, 0.717) is 33.5 Å². The molecule has 4 nitrogen and oxygen atoms in total. The van der Waals surface area contributed by atoms with Gasteiger partial charge in [0.25, 0.3) is 0 Å². The molecule has 34 heavy (non-hydrogen) atoms. The second-order valence-corrected chi connectivity index (χ2v) is 11.0. The molecule has 1 aliphatic carbocycles. The van der Waals surface area contributed by atoms with E-state index in [1.54, 1.807) is 79.0 Å². The second kappa shape index (κ2) is 8.93. The molecular formula is C27H21ClFNO3S. The smallest absolute Gasteiger partial charge is 0.184 e. The molecule has 2 atom stereocenters. The number of aromatic nitrogens is 1. The normalized spacial score (nSPS) is 17.6. The van der Waals surface area contributed by atoms with Crippen LogP contribution < -0.4 is 0 Å². The van der Waals surface area contributed by atoms with Crippen LogP contribution in [0.5, 0.6) is 0 Å². The zero-order valence-corrected chi connectivity index (χ0v) is 19.7. The molecule has 1 aromatic heterocycles. The molecule has 1 unspecified atom stereocenters. The third-order valence-corrected chi connectivity index (χ3v) is 8.29. The van der Waals surface area contributed by atoms with Gasteiger partial charge in [-0.2, -0.15) is 0 Å². The van der Waals surface area contributed by atoms with Gasteiger partial charge in [-0.15, -0.1) is 0 Å². The lowest BCUT2D eigenvalue weighted by Crippen LogP contribution is -2.08. The highest BCUT2D eigenvalue weighted by molar-refractivity contribution is 7.90. The van der Waals surface area contributed by atoms with Crippen LogP contribution in [0.4, 0.5) is 4.39 Å². The maximum atomic E-state index is 15.0. The summed E-state index contributed by atoms with van der Waals surface area (Å²) in [5.74, 6) is -0.818. The van der Waals surface area contributed by atoms with E-state index in [4.69, 9.17) is 11.6 Å². The molecule has 1 aliphatic rings. The summed E-state index contributed by atoms with van der Waals surface area (Å²) in [5.41, 5.74) is 1.74. The van der Waals surface area contributed by atoms with Gasteiger partial charge in [-0.25, -0.2) is 12.8 Å². The number of hydrogen-bond donors (Lipinski definition) is 0. The van der Waals surface area contributed by atoms with Crippen molar-refractivity contribution in [2.45, 2.75) is 29.4 Å². The SMILES string of the molecule is O=C(Cc1ccc2cccc(Cl)c2c1F)[C@@H]1CC1c1ccc(S(=O)(=O)Cc2ccccn2)cc1. The number of nitrogens with zero attached hydrogens (tertiary/aromatic N) is 1. The summed E-state index contributed by atoms with van der Waals surface area (Å²) in [4.78, 5) is 17.2. The monoisotopic (exact) mass is 493 g/mol. The first-order chi connectivity index (χ1) is 16.3. The first-order valence-electron chi connectivity index (χ1n) is 10.9. The molecule has 5 rings (SSSR count). The number of rotatable bonds is 7. The summed E-state index contributed by atoms with van der Waals surface area (Å²) in [5, 5.41) is 1.36. The van der Waals surface area contributed by atoms with Gasteiger partial charge in [0.05, 0.1) is 21.4 Å². The summed E-state index contributed by atoms with van der Waals surface area (Å²) < 4.78 is 40.4. The molecule has 0 spiro atoms. The lowest BCUT2D eigenvalue weighted by atomic mass is 9.99. The molecule has 1 saturated carbocycles. The standard InChI is InChI=1S/C27H21ClFNO3S/c28-24-6-3-4-18-7-8-19(27(29)26(18)24)14-25(31)23-15-22(23)17-9-11-21(12-10-17)34(32,33)16-20-5-1-2-13-30-20/h1-13,22-23H,14-16H2/t22?,23-/m1/s1. The third-order valence-electron chi connectivity index (χ3n) is 6.31. The Kier molecular flexibility index (Phi) is 5.96. The summed E-state index contributed by atoms with van der Waals surface area (Å²) in [6.07, 6.45) is 2.25. The molecule has 0 saturated heterocycles. The molecule has 0 aliphatic heterocycles. The van der Waals surface area contributed by atoms with E-state index in [-0.39, 0.29) is 34.7 Å². The third kappa shape index (κ3) is 4.48. The van der Waals surface area contributed by atoms with Crippen molar-refractivity contribution < 1.29 is 17.6 Å². The Balaban J connectivity index is 1.27. The quantitative estimate of drug-likeness (QED) is 0.321. The van der Waals surface area contributed by atoms with Crippen molar-refractivity contribution in [3.8, 4) is 0 Å². The van der Waals surface area contributed by atoms with Crippen LogP contribution in [-0.4, -0.2) is 19.2 Å². The van der Waals surface area contributed by atoms with Crippen LogP contribution in [0.2, 0.25) is 5.02 Å². The minimum atomic E-state index is -3.51. The molecule has 4 aromatic rings. The molecule has 1 fully saturated rings. The van der Waals surface area contributed by atoms with Crippen molar-refractivity contribution in [1.29, 1.82) is 0 Å². The first kappa shape index (κ1) is 22.7. The Morgan fingerprint density at radius 1 is 1.00 bits per heavy atom. The highest BCUT2D eigenvalue weighted by atomic mass is 35.5. The van der Waals surface area contributed by atoms with E-state index in [1.807, 2.05) is 0 Å². The number of hydrogen-bond acceptors (Lipinski definition) is 4. The van der Waals surface area contributed by atoms with Gasteiger partial charge < -0.3 is 0 Å². The number of Topliss-reactive ketones (excluding diaryl/α,β-unsaturated/α-hetero) is 1. The van der Waals surface area contributed by atoms with E-state index < -0.39 is 15.7 Å². The van der Waals surface area contributed by atoms with Crippen LogP contribution in [0, 0.1) is 11.7 Å². The Hall–Kier alpha value is -3.09. The zero-order valence-electron chi connectivity index (χ0n) is 18.1. The number of carbonyl (C=O) groups is 1. The Morgan fingerprint density at radius 3 is 2.53 bits per heavy atom. The van der Waals surface area contributed by atoms with Crippen LogP contribution >= 0.6 is 11.6 Å².